The summed E-state index contributed by atoms with van der Waals surface area (Å²) in [6.07, 6.45) is 9.71. The topological polar surface area (TPSA) is 66.7 Å². The summed E-state index contributed by atoms with van der Waals surface area (Å²) in [6, 6.07) is 5.57. The Hall–Kier alpha value is -2.63. The molecule has 130 valence electrons. The van der Waals surface area contributed by atoms with E-state index >= 15 is 0 Å². The Kier molecular flexibility index (Phi) is 4.03. The predicted octanol–water partition coefficient (Wildman–Crippen LogP) is 2.47. The summed E-state index contributed by atoms with van der Waals surface area (Å²) in [4.78, 5) is 33.1. The van der Waals surface area contributed by atoms with Gasteiger partial charge in [0.05, 0.1) is 17.4 Å². The second kappa shape index (κ2) is 6.35. The Morgan fingerprint density at radius 2 is 2.08 bits per heavy atom. The van der Waals surface area contributed by atoms with Gasteiger partial charge in [0.25, 0.3) is 5.91 Å². The smallest absolute Gasteiger partial charge is 0.257 e. The summed E-state index contributed by atoms with van der Waals surface area (Å²) >= 11 is 0. The number of amides is 2. The van der Waals surface area contributed by atoms with E-state index in [-0.39, 0.29) is 17.4 Å². The van der Waals surface area contributed by atoms with Gasteiger partial charge in [-0.1, -0.05) is 0 Å². The molecule has 2 saturated heterocycles. The van der Waals surface area contributed by atoms with Crippen LogP contribution in [-0.4, -0.2) is 45.2 Å². The Balaban J connectivity index is 1.56. The number of hydrogen-bond donors (Lipinski definition) is 0. The van der Waals surface area contributed by atoms with Crippen LogP contribution in [0.5, 0.6) is 0 Å². The third-order valence-electron chi connectivity index (χ3n) is 5.38. The molecule has 4 rings (SSSR count). The van der Waals surface area contributed by atoms with E-state index < -0.39 is 0 Å². The molecule has 0 N–H and O–H groups in total. The van der Waals surface area contributed by atoms with Gasteiger partial charge in [0.15, 0.2) is 0 Å². The zero-order chi connectivity index (χ0) is 17.3. The molecule has 0 aliphatic carbocycles. The summed E-state index contributed by atoms with van der Waals surface area (Å²) in [5.74, 6) is 0.158. The molecule has 25 heavy (non-hydrogen) atoms. The van der Waals surface area contributed by atoms with E-state index in [1.807, 2.05) is 21.9 Å². The lowest BCUT2D eigenvalue weighted by molar-refractivity contribution is -0.133. The highest BCUT2D eigenvalue weighted by Crippen LogP contribution is 2.39. The molecule has 2 aromatic heterocycles. The summed E-state index contributed by atoms with van der Waals surface area (Å²) in [6.45, 7) is 1.89. The molecule has 4 heterocycles. The minimum atomic E-state index is -0.252. The van der Waals surface area contributed by atoms with Crippen LogP contribution in [0.3, 0.4) is 0 Å². The zero-order valence-electron chi connectivity index (χ0n) is 14.1. The molecule has 6 heteroatoms. The second-order valence-corrected chi connectivity index (χ2v) is 6.90. The van der Waals surface area contributed by atoms with Gasteiger partial charge in [0.1, 0.15) is 6.26 Å². The van der Waals surface area contributed by atoms with Crippen molar-refractivity contribution < 1.29 is 14.0 Å². The van der Waals surface area contributed by atoms with Gasteiger partial charge >= 0.3 is 0 Å². The summed E-state index contributed by atoms with van der Waals surface area (Å²) in [5.41, 5.74) is 1.39. The lowest BCUT2D eigenvalue weighted by Crippen LogP contribution is -2.57. The Morgan fingerprint density at radius 3 is 2.84 bits per heavy atom. The Bertz CT molecular complexity index is 759. The zero-order valence-corrected chi connectivity index (χ0v) is 14.1. The van der Waals surface area contributed by atoms with Crippen molar-refractivity contribution in [1.82, 2.24) is 14.8 Å². The Morgan fingerprint density at radius 1 is 1.24 bits per heavy atom. The molecule has 2 aliphatic rings. The normalized spacial score (nSPS) is 23.4. The highest BCUT2D eigenvalue weighted by molar-refractivity contribution is 5.94. The monoisotopic (exact) mass is 339 g/mol. The SMILES string of the molecule is O=C(c1ccoc1)N1CCC[C@]2(CCC(=O)N2Cc2ccncc2)C1. The van der Waals surface area contributed by atoms with Crippen molar-refractivity contribution in [3.05, 3.63) is 54.2 Å². The minimum Gasteiger partial charge on any atom is -0.472 e. The van der Waals surface area contributed by atoms with E-state index in [4.69, 9.17) is 4.42 Å². The maximum absolute atomic E-state index is 12.7. The van der Waals surface area contributed by atoms with E-state index in [2.05, 4.69) is 4.98 Å². The van der Waals surface area contributed by atoms with Crippen LogP contribution in [0.2, 0.25) is 0 Å². The fourth-order valence-electron chi connectivity index (χ4n) is 4.08. The fourth-order valence-corrected chi connectivity index (χ4v) is 4.08. The van der Waals surface area contributed by atoms with E-state index in [1.165, 1.54) is 12.5 Å². The van der Waals surface area contributed by atoms with Crippen molar-refractivity contribution in [2.75, 3.05) is 13.1 Å². The quantitative estimate of drug-likeness (QED) is 0.861. The minimum absolute atomic E-state index is 0.0176. The molecule has 2 aliphatic heterocycles. The first-order valence-corrected chi connectivity index (χ1v) is 8.69. The third kappa shape index (κ3) is 2.92. The first-order valence-electron chi connectivity index (χ1n) is 8.69. The van der Waals surface area contributed by atoms with E-state index in [0.717, 1.165) is 31.4 Å². The van der Waals surface area contributed by atoms with E-state index in [9.17, 15) is 9.59 Å². The molecular weight excluding hydrogens is 318 g/mol. The van der Waals surface area contributed by atoms with Crippen LogP contribution in [0.25, 0.3) is 0 Å². The van der Waals surface area contributed by atoms with Gasteiger partial charge in [0.2, 0.25) is 5.91 Å². The fraction of sp³-hybridized carbons (Fsp3) is 0.421. The first kappa shape index (κ1) is 15.9. The summed E-state index contributed by atoms with van der Waals surface area (Å²) in [5, 5.41) is 0. The predicted molar refractivity (Wildman–Crippen MR) is 90.6 cm³/mol. The molecule has 0 saturated carbocycles. The number of carbonyl (C=O) groups is 2. The van der Waals surface area contributed by atoms with Crippen LogP contribution in [0, 0.1) is 0 Å². The standard InChI is InChI=1S/C19H21N3O3/c23-17-2-7-19(22(17)12-15-3-8-20-9-4-15)6-1-10-21(14-19)18(24)16-5-11-25-13-16/h3-5,8-9,11,13H,1-2,6-7,10,12,14H2/t19-/m0/s1. The number of rotatable bonds is 3. The highest BCUT2D eigenvalue weighted by Gasteiger charge is 2.48. The molecular formula is C19H21N3O3. The first-order chi connectivity index (χ1) is 12.2. The van der Waals surface area contributed by atoms with Gasteiger partial charge in [-0.15, -0.1) is 0 Å². The average Bonchev–Trinajstić information content (AvgIpc) is 3.27. The molecule has 2 fully saturated rings. The number of furan rings is 1. The number of likely N-dealkylation sites (tertiary alicyclic amines) is 2. The molecule has 1 spiro atoms. The van der Waals surface area contributed by atoms with Crippen molar-refractivity contribution in [3.8, 4) is 0 Å². The molecule has 0 bridgehead atoms. The number of pyridine rings is 1. The van der Waals surface area contributed by atoms with Gasteiger partial charge in [-0.05, 0) is 43.0 Å². The Labute approximate surface area is 146 Å². The highest BCUT2D eigenvalue weighted by atomic mass is 16.3. The van der Waals surface area contributed by atoms with Crippen LogP contribution < -0.4 is 0 Å². The number of nitrogens with zero attached hydrogens (tertiary/aromatic N) is 3. The number of aromatic nitrogens is 1. The van der Waals surface area contributed by atoms with Crippen molar-refractivity contribution in [2.45, 2.75) is 37.8 Å². The molecule has 1 atom stereocenters. The van der Waals surface area contributed by atoms with Crippen molar-refractivity contribution in [2.24, 2.45) is 0 Å². The molecule has 0 radical (unpaired) electrons. The lowest BCUT2D eigenvalue weighted by Gasteiger charge is -2.46. The average molecular weight is 339 g/mol. The van der Waals surface area contributed by atoms with Gasteiger partial charge < -0.3 is 14.2 Å². The van der Waals surface area contributed by atoms with Gasteiger partial charge in [-0.3, -0.25) is 14.6 Å². The maximum Gasteiger partial charge on any atom is 0.257 e. The van der Waals surface area contributed by atoms with Crippen molar-refractivity contribution in [1.29, 1.82) is 0 Å². The maximum atomic E-state index is 12.7. The molecule has 2 amide bonds. The van der Waals surface area contributed by atoms with Crippen molar-refractivity contribution in [3.63, 3.8) is 0 Å². The third-order valence-corrected chi connectivity index (χ3v) is 5.38. The van der Waals surface area contributed by atoms with Crippen LogP contribution in [0.4, 0.5) is 0 Å². The lowest BCUT2D eigenvalue weighted by atomic mass is 9.86. The number of piperidine rings is 1. The number of carbonyl (C=O) groups excluding carboxylic acids is 2. The molecule has 0 unspecified atom stereocenters. The van der Waals surface area contributed by atoms with E-state index in [1.54, 1.807) is 18.5 Å². The van der Waals surface area contributed by atoms with Gasteiger partial charge in [-0.2, -0.15) is 0 Å². The molecule has 2 aromatic rings. The largest absolute Gasteiger partial charge is 0.472 e. The van der Waals surface area contributed by atoms with Gasteiger partial charge in [-0.25, -0.2) is 0 Å². The second-order valence-electron chi connectivity index (χ2n) is 6.90. The van der Waals surface area contributed by atoms with Crippen molar-refractivity contribution >= 4 is 11.8 Å². The number of hydrogen-bond acceptors (Lipinski definition) is 4. The van der Waals surface area contributed by atoms with Crippen LogP contribution >= 0.6 is 0 Å². The van der Waals surface area contributed by atoms with E-state index in [0.29, 0.717) is 25.1 Å². The van der Waals surface area contributed by atoms with Crippen LogP contribution in [0.15, 0.2) is 47.5 Å². The molecule has 0 aromatic carbocycles. The summed E-state index contributed by atoms with van der Waals surface area (Å²) < 4.78 is 5.04. The summed E-state index contributed by atoms with van der Waals surface area (Å²) in [7, 11) is 0. The molecule has 6 nitrogen and oxygen atoms in total. The van der Waals surface area contributed by atoms with Gasteiger partial charge in [0, 0.05) is 38.4 Å². The van der Waals surface area contributed by atoms with Crippen LogP contribution in [0.1, 0.15) is 41.6 Å². The van der Waals surface area contributed by atoms with Crippen LogP contribution in [-0.2, 0) is 11.3 Å².